The van der Waals surface area contributed by atoms with Crippen LogP contribution in [0, 0.1) is 6.92 Å². The van der Waals surface area contributed by atoms with Gasteiger partial charge >= 0.3 is 0 Å². The molecule has 1 amide bonds. The number of amides is 1. The van der Waals surface area contributed by atoms with Gasteiger partial charge in [0, 0.05) is 24.8 Å². The minimum absolute atomic E-state index is 0.0477. The highest BCUT2D eigenvalue weighted by Crippen LogP contribution is 2.19. The predicted octanol–water partition coefficient (Wildman–Crippen LogP) is 2.14. The summed E-state index contributed by atoms with van der Waals surface area (Å²) in [7, 11) is 0. The van der Waals surface area contributed by atoms with E-state index in [9.17, 15) is 4.79 Å². The van der Waals surface area contributed by atoms with E-state index in [1.807, 2.05) is 4.90 Å². The van der Waals surface area contributed by atoms with Crippen molar-refractivity contribution in [3.05, 3.63) is 29.8 Å². The minimum Gasteiger partial charge on any atom is -0.382 e. The summed E-state index contributed by atoms with van der Waals surface area (Å²) in [6.45, 7) is 7.19. The maximum Gasteiger partial charge on any atom is 0.242 e. The Balaban J connectivity index is 1.87. The third-order valence-electron chi connectivity index (χ3n) is 3.72. The number of piperidine rings is 1. The lowest BCUT2D eigenvalue weighted by molar-refractivity contribution is -0.136. The highest BCUT2D eigenvalue weighted by molar-refractivity contribution is 5.85. The van der Waals surface area contributed by atoms with E-state index in [0.717, 1.165) is 31.6 Å². The summed E-state index contributed by atoms with van der Waals surface area (Å²) in [6, 6.07) is 8.83. The summed E-state index contributed by atoms with van der Waals surface area (Å²) in [6.07, 6.45) is 1.94. The lowest BCUT2D eigenvalue weighted by Gasteiger charge is -2.36. The van der Waals surface area contributed by atoms with Gasteiger partial charge in [-0.1, -0.05) is 12.1 Å². The van der Waals surface area contributed by atoms with Gasteiger partial charge < -0.3 is 16.0 Å². The topological polar surface area (TPSA) is 58.4 Å². The summed E-state index contributed by atoms with van der Waals surface area (Å²) in [5.41, 5.74) is 7.53. The van der Waals surface area contributed by atoms with Crippen molar-refractivity contribution in [1.29, 1.82) is 0 Å². The van der Waals surface area contributed by atoms with Crippen LogP contribution in [0.4, 0.5) is 5.69 Å². The Bertz CT molecular complexity index is 471. The Morgan fingerprint density at radius 3 is 2.55 bits per heavy atom. The standard InChI is InChI=1S/C16H25N3O/c1-12-5-4-6-14(11-12)18-13-7-9-19(10-8-13)15(20)16(2,3)17/h4-6,11,13,18H,7-10,17H2,1-3H3. The average Bonchev–Trinajstić information content (AvgIpc) is 2.38. The molecule has 110 valence electrons. The zero-order chi connectivity index (χ0) is 14.8. The maximum absolute atomic E-state index is 12.1. The van der Waals surface area contributed by atoms with Crippen molar-refractivity contribution >= 4 is 11.6 Å². The van der Waals surface area contributed by atoms with E-state index in [1.165, 1.54) is 5.56 Å². The summed E-state index contributed by atoms with van der Waals surface area (Å²) < 4.78 is 0. The fourth-order valence-corrected chi connectivity index (χ4v) is 2.60. The third-order valence-corrected chi connectivity index (χ3v) is 3.72. The van der Waals surface area contributed by atoms with E-state index < -0.39 is 5.54 Å². The molecule has 1 aliphatic rings. The Kier molecular flexibility index (Phi) is 4.33. The fraction of sp³-hybridized carbons (Fsp3) is 0.562. The van der Waals surface area contributed by atoms with Gasteiger partial charge in [0.15, 0.2) is 0 Å². The highest BCUT2D eigenvalue weighted by atomic mass is 16.2. The van der Waals surface area contributed by atoms with Crippen molar-refractivity contribution < 1.29 is 4.79 Å². The van der Waals surface area contributed by atoms with Crippen LogP contribution in [-0.2, 0) is 4.79 Å². The molecular weight excluding hydrogens is 250 g/mol. The van der Waals surface area contributed by atoms with Gasteiger partial charge in [0.2, 0.25) is 5.91 Å². The Morgan fingerprint density at radius 1 is 1.35 bits per heavy atom. The number of anilines is 1. The van der Waals surface area contributed by atoms with Crippen molar-refractivity contribution in [3.63, 3.8) is 0 Å². The Hall–Kier alpha value is -1.55. The molecule has 4 nitrogen and oxygen atoms in total. The summed E-state index contributed by atoms with van der Waals surface area (Å²) in [5, 5.41) is 3.55. The molecule has 0 saturated carbocycles. The predicted molar refractivity (Wildman–Crippen MR) is 82.7 cm³/mol. The summed E-state index contributed by atoms with van der Waals surface area (Å²) >= 11 is 0. The summed E-state index contributed by atoms with van der Waals surface area (Å²) in [4.78, 5) is 14.0. The number of carbonyl (C=O) groups excluding carboxylic acids is 1. The van der Waals surface area contributed by atoms with Gasteiger partial charge in [-0.3, -0.25) is 4.79 Å². The molecule has 1 aromatic rings. The van der Waals surface area contributed by atoms with Gasteiger partial charge in [-0.05, 0) is 51.3 Å². The van der Waals surface area contributed by atoms with Crippen molar-refractivity contribution in [1.82, 2.24) is 4.90 Å². The molecule has 1 aliphatic heterocycles. The van der Waals surface area contributed by atoms with Gasteiger partial charge in [-0.25, -0.2) is 0 Å². The van der Waals surface area contributed by atoms with E-state index in [1.54, 1.807) is 13.8 Å². The molecule has 0 unspecified atom stereocenters. The second-order valence-electron chi connectivity index (χ2n) is 6.30. The van der Waals surface area contributed by atoms with E-state index in [0.29, 0.717) is 6.04 Å². The maximum atomic E-state index is 12.1. The first-order chi connectivity index (χ1) is 9.36. The molecule has 1 aromatic carbocycles. The quantitative estimate of drug-likeness (QED) is 0.888. The SMILES string of the molecule is Cc1cccc(NC2CCN(C(=O)C(C)(C)N)CC2)c1. The lowest BCUT2D eigenvalue weighted by Crippen LogP contribution is -2.54. The smallest absolute Gasteiger partial charge is 0.242 e. The molecule has 0 aliphatic carbocycles. The van der Waals surface area contributed by atoms with Gasteiger partial charge in [0.25, 0.3) is 0 Å². The highest BCUT2D eigenvalue weighted by Gasteiger charge is 2.30. The minimum atomic E-state index is -0.767. The van der Waals surface area contributed by atoms with Crippen molar-refractivity contribution in [2.75, 3.05) is 18.4 Å². The molecule has 0 atom stereocenters. The number of aryl methyl sites for hydroxylation is 1. The molecule has 1 heterocycles. The first-order valence-corrected chi connectivity index (χ1v) is 7.28. The number of likely N-dealkylation sites (tertiary alicyclic amines) is 1. The van der Waals surface area contributed by atoms with Gasteiger partial charge in [-0.15, -0.1) is 0 Å². The van der Waals surface area contributed by atoms with Crippen LogP contribution in [0.3, 0.4) is 0 Å². The van der Waals surface area contributed by atoms with Crippen LogP contribution >= 0.6 is 0 Å². The van der Waals surface area contributed by atoms with Crippen molar-refractivity contribution in [2.45, 2.75) is 45.2 Å². The Morgan fingerprint density at radius 2 is 2.00 bits per heavy atom. The average molecular weight is 275 g/mol. The normalized spacial score (nSPS) is 17.1. The molecule has 2 rings (SSSR count). The molecule has 20 heavy (non-hydrogen) atoms. The van der Waals surface area contributed by atoms with Crippen LogP contribution in [-0.4, -0.2) is 35.5 Å². The molecule has 0 spiro atoms. The van der Waals surface area contributed by atoms with Crippen molar-refractivity contribution in [2.24, 2.45) is 5.73 Å². The first kappa shape index (κ1) is 14.9. The molecule has 0 bridgehead atoms. The lowest BCUT2D eigenvalue weighted by atomic mass is 10.00. The molecule has 1 saturated heterocycles. The third kappa shape index (κ3) is 3.73. The zero-order valence-electron chi connectivity index (χ0n) is 12.6. The molecule has 3 N–H and O–H groups in total. The van der Waals surface area contributed by atoms with Gasteiger partial charge in [-0.2, -0.15) is 0 Å². The van der Waals surface area contributed by atoms with Crippen LogP contribution in [0.25, 0.3) is 0 Å². The molecule has 4 heteroatoms. The number of nitrogens with zero attached hydrogens (tertiary/aromatic N) is 1. The molecule has 0 radical (unpaired) electrons. The van der Waals surface area contributed by atoms with E-state index in [4.69, 9.17) is 5.73 Å². The van der Waals surface area contributed by atoms with E-state index in [-0.39, 0.29) is 5.91 Å². The number of benzene rings is 1. The van der Waals surface area contributed by atoms with E-state index in [2.05, 4.69) is 36.5 Å². The second kappa shape index (κ2) is 5.83. The second-order valence-corrected chi connectivity index (χ2v) is 6.30. The van der Waals surface area contributed by atoms with Crippen LogP contribution in [0.1, 0.15) is 32.3 Å². The number of nitrogens with two attached hydrogens (primary N) is 1. The number of hydrogen-bond acceptors (Lipinski definition) is 3. The molecule has 1 fully saturated rings. The molecular formula is C16H25N3O. The van der Waals surface area contributed by atoms with Gasteiger partial charge in [0.1, 0.15) is 0 Å². The van der Waals surface area contributed by atoms with Gasteiger partial charge in [0.05, 0.1) is 5.54 Å². The fourth-order valence-electron chi connectivity index (χ4n) is 2.60. The van der Waals surface area contributed by atoms with Crippen LogP contribution < -0.4 is 11.1 Å². The van der Waals surface area contributed by atoms with Crippen molar-refractivity contribution in [3.8, 4) is 0 Å². The summed E-state index contributed by atoms with van der Waals surface area (Å²) in [5.74, 6) is 0.0477. The largest absolute Gasteiger partial charge is 0.382 e. The number of nitrogens with one attached hydrogen (secondary N) is 1. The monoisotopic (exact) mass is 275 g/mol. The Labute approximate surface area is 121 Å². The number of rotatable bonds is 3. The zero-order valence-corrected chi connectivity index (χ0v) is 12.6. The number of carbonyl (C=O) groups is 1. The van der Waals surface area contributed by atoms with E-state index >= 15 is 0 Å². The van der Waals surface area contributed by atoms with Crippen LogP contribution in [0.2, 0.25) is 0 Å². The first-order valence-electron chi connectivity index (χ1n) is 7.28. The molecule has 0 aromatic heterocycles. The number of hydrogen-bond donors (Lipinski definition) is 2. The van der Waals surface area contributed by atoms with Crippen LogP contribution in [0.15, 0.2) is 24.3 Å². The van der Waals surface area contributed by atoms with Crippen LogP contribution in [0.5, 0.6) is 0 Å².